The minimum absolute atomic E-state index is 0.00238. The van der Waals surface area contributed by atoms with Gasteiger partial charge in [-0.25, -0.2) is 4.68 Å². The number of carbonyl (C=O) groups is 1. The molecule has 3 aromatic rings. The van der Waals surface area contributed by atoms with Crippen molar-refractivity contribution in [2.45, 2.75) is 13.5 Å². The number of aryl methyl sites for hydroxylation is 1. The molecule has 0 fully saturated rings. The Morgan fingerprint density at radius 3 is 2.71 bits per heavy atom. The second-order valence-corrected chi connectivity index (χ2v) is 5.81. The van der Waals surface area contributed by atoms with E-state index in [9.17, 15) is 9.90 Å². The fourth-order valence-electron chi connectivity index (χ4n) is 2.54. The summed E-state index contributed by atoms with van der Waals surface area (Å²) >= 11 is 0. The van der Waals surface area contributed by atoms with Gasteiger partial charge in [0.2, 0.25) is 0 Å². The number of para-hydroxylation sites is 1. The van der Waals surface area contributed by atoms with Crippen LogP contribution in [0.2, 0.25) is 0 Å². The number of phenols is 1. The fraction of sp³-hybridized carbons (Fsp3) is 0.158. The van der Waals surface area contributed by atoms with Crippen LogP contribution in [0.1, 0.15) is 21.5 Å². The van der Waals surface area contributed by atoms with Gasteiger partial charge in [-0.1, -0.05) is 29.8 Å². The lowest BCUT2D eigenvalue weighted by Gasteiger charge is -2.17. The lowest BCUT2D eigenvalue weighted by Crippen LogP contribution is -2.26. The number of aromatic nitrogens is 2. The van der Waals surface area contributed by atoms with Gasteiger partial charge in [0.1, 0.15) is 5.75 Å². The second kappa shape index (κ2) is 6.58. The van der Waals surface area contributed by atoms with Crippen LogP contribution in [0.25, 0.3) is 5.69 Å². The SMILES string of the molecule is Cc1ccc(O)c(C(=O)N(C)Cc2cnn(-c3ccccc3)c2)c1. The summed E-state index contributed by atoms with van der Waals surface area (Å²) in [6, 6.07) is 14.8. The van der Waals surface area contributed by atoms with Gasteiger partial charge in [0.15, 0.2) is 0 Å². The molecule has 0 atom stereocenters. The van der Waals surface area contributed by atoms with Gasteiger partial charge in [0, 0.05) is 25.4 Å². The van der Waals surface area contributed by atoms with Gasteiger partial charge in [-0.15, -0.1) is 0 Å². The first-order valence-corrected chi connectivity index (χ1v) is 7.68. The van der Waals surface area contributed by atoms with Crippen molar-refractivity contribution in [3.63, 3.8) is 0 Å². The van der Waals surface area contributed by atoms with Crippen LogP contribution in [0.4, 0.5) is 0 Å². The summed E-state index contributed by atoms with van der Waals surface area (Å²) in [6.45, 7) is 2.30. The maximum absolute atomic E-state index is 12.5. The molecule has 1 aromatic heterocycles. The molecule has 5 nitrogen and oxygen atoms in total. The van der Waals surface area contributed by atoms with E-state index in [1.807, 2.05) is 43.5 Å². The number of benzene rings is 2. The molecule has 122 valence electrons. The Hall–Kier alpha value is -3.08. The number of nitrogens with zero attached hydrogens (tertiary/aromatic N) is 3. The first-order chi connectivity index (χ1) is 11.5. The topological polar surface area (TPSA) is 58.4 Å². The van der Waals surface area contributed by atoms with Crippen molar-refractivity contribution in [2.75, 3.05) is 7.05 Å². The summed E-state index contributed by atoms with van der Waals surface area (Å²) in [5, 5.41) is 14.2. The molecular weight excluding hydrogens is 302 g/mol. The van der Waals surface area contributed by atoms with Crippen molar-refractivity contribution in [3.05, 3.63) is 77.6 Å². The molecule has 0 aliphatic carbocycles. The van der Waals surface area contributed by atoms with E-state index in [1.54, 1.807) is 41.0 Å². The monoisotopic (exact) mass is 321 g/mol. The first kappa shape index (κ1) is 15.8. The zero-order valence-electron chi connectivity index (χ0n) is 13.7. The largest absolute Gasteiger partial charge is 0.507 e. The van der Waals surface area contributed by atoms with E-state index in [1.165, 1.54) is 0 Å². The molecule has 2 aromatic carbocycles. The Kier molecular flexibility index (Phi) is 4.33. The van der Waals surface area contributed by atoms with Gasteiger partial charge in [-0.05, 0) is 31.2 Å². The summed E-state index contributed by atoms with van der Waals surface area (Å²) < 4.78 is 1.78. The number of rotatable bonds is 4. The molecule has 1 heterocycles. The second-order valence-electron chi connectivity index (χ2n) is 5.81. The molecule has 5 heteroatoms. The summed E-state index contributed by atoms with van der Waals surface area (Å²) in [7, 11) is 1.71. The molecule has 0 aliphatic rings. The van der Waals surface area contributed by atoms with Gasteiger partial charge >= 0.3 is 0 Å². The molecule has 0 saturated heterocycles. The molecule has 0 radical (unpaired) electrons. The van der Waals surface area contributed by atoms with E-state index in [4.69, 9.17) is 0 Å². The molecule has 0 spiro atoms. The summed E-state index contributed by atoms with van der Waals surface area (Å²) in [4.78, 5) is 14.1. The lowest BCUT2D eigenvalue weighted by molar-refractivity contribution is 0.0782. The average Bonchev–Trinajstić information content (AvgIpc) is 3.05. The predicted octanol–water partition coefficient (Wildman–Crippen LogP) is 3.16. The zero-order valence-corrected chi connectivity index (χ0v) is 13.7. The third-order valence-electron chi connectivity index (χ3n) is 3.81. The Labute approximate surface area is 140 Å². The van der Waals surface area contributed by atoms with Gasteiger partial charge in [0.25, 0.3) is 5.91 Å². The lowest BCUT2D eigenvalue weighted by atomic mass is 10.1. The normalized spacial score (nSPS) is 10.6. The Morgan fingerprint density at radius 1 is 1.21 bits per heavy atom. The number of aromatic hydroxyl groups is 1. The maximum Gasteiger partial charge on any atom is 0.257 e. The first-order valence-electron chi connectivity index (χ1n) is 7.68. The molecule has 3 rings (SSSR count). The predicted molar refractivity (Wildman–Crippen MR) is 92.2 cm³/mol. The van der Waals surface area contributed by atoms with Crippen LogP contribution < -0.4 is 0 Å². The van der Waals surface area contributed by atoms with Gasteiger partial charge < -0.3 is 10.0 Å². The minimum atomic E-state index is -0.219. The minimum Gasteiger partial charge on any atom is -0.507 e. The molecule has 1 amide bonds. The zero-order chi connectivity index (χ0) is 17.1. The van der Waals surface area contributed by atoms with Crippen LogP contribution in [0.15, 0.2) is 60.9 Å². The third-order valence-corrected chi connectivity index (χ3v) is 3.81. The van der Waals surface area contributed by atoms with Crippen LogP contribution in [0.5, 0.6) is 5.75 Å². The average molecular weight is 321 g/mol. The highest BCUT2D eigenvalue weighted by molar-refractivity contribution is 5.96. The molecule has 0 saturated carbocycles. The van der Waals surface area contributed by atoms with E-state index in [2.05, 4.69) is 5.10 Å². The quantitative estimate of drug-likeness (QED) is 0.803. The molecule has 0 bridgehead atoms. The summed E-state index contributed by atoms with van der Waals surface area (Å²) in [5.41, 5.74) is 3.13. The van der Waals surface area contributed by atoms with Crippen molar-refractivity contribution < 1.29 is 9.90 Å². The van der Waals surface area contributed by atoms with Gasteiger partial charge in [-0.2, -0.15) is 5.10 Å². The molecule has 0 unspecified atom stereocenters. The smallest absolute Gasteiger partial charge is 0.257 e. The number of amides is 1. The van der Waals surface area contributed by atoms with Gasteiger partial charge in [0.05, 0.1) is 17.4 Å². The highest BCUT2D eigenvalue weighted by Crippen LogP contribution is 2.20. The fourth-order valence-corrected chi connectivity index (χ4v) is 2.54. The molecule has 0 aliphatic heterocycles. The summed E-state index contributed by atoms with van der Waals surface area (Å²) in [5.74, 6) is -0.221. The van der Waals surface area contributed by atoms with Crippen LogP contribution in [-0.4, -0.2) is 32.7 Å². The molecule has 1 N–H and O–H groups in total. The van der Waals surface area contributed by atoms with E-state index in [0.717, 1.165) is 16.8 Å². The van der Waals surface area contributed by atoms with Crippen molar-refractivity contribution in [3.8, 4) is 11.4 Å². The third kappa shape index (κ3) is 3.30. The highest BCUT2D eigenvalue weighted by atomic mass is 16.3. The van der Waals surface area contributed by atoms with Crippen LogP contribution in [-0.2, 0) is 6.54 Å². The number of carbonyl (C=O) groups excluding carboxylic acids is 1. The number of phenolic OH excluding ortho intramolecular Hbond substituents is 1. The number of hydrogen-bond donors (Lipinski definition) is 1. The molecule has 24 heavy (non-hydrogen) atoms. The van der Waals surface area contributed by atoms with Crippen molar-refractivity contribution in [2.24, 2.45) is 0 Å². The van der Waals surface area contributed by atoms with Crippen LogP contribution >= 0.6 is 0 Å². The van der Waals surface area contributed by atoms with Crippen molar-refractivity contribution in [1.29, 1.82) is 0 Å². The van der Waals surface area contributed by atoms with E-state index in [-0.39, 0.29) is 11.7 Å². The summed E-state index contributed by atoms with van der Waals surface area (Å²) in [6.07, 6.45) is 3.64. The Balaban J connectivity index is 1.75. The maximum atomic E-state index is 12.5. The number of hydrogen-bond acceptors (Lipinski definition) is 3. The van der Waals surface area contributed by atoms with Crippen molar-refractivity contribution >= 4 is 5.91 Å². The van der Waals surface area contributed by atoms with E-state index in [0.29, 0.717) is 12.1 Å². The van der Waals surface area contributed by atoms with Crippen LogP contribution in [0, 0.1) is 6.92 Å². The highest BCUT2D eigenvalue weighted by Gasteiger charge is 2.16. The molecular formula is C19H19N3O2. The van der Waals surface area contributed by atoms with E-state index >= 15 is 0 Å². The van der Waals surface area contributed by atoms with Crippen LogP contribution in [0.3, 0.4) is 0 Å². The standard InChI is InChI=1S/C19H19N3O2/c1-14-8-9-18(23)17(10-14)19(24)21(2)12-15-11-20-22(13-15)16-6-4-3-5-7-16/h3-11,13,23H,12H2,1-2H3. The van der Waals surface area contributed by atoms with Crippen molar-refractivity contribution in [1.82, 2.24) is 14.7 Å². The van der Waals surface area contributed by atoms with E-state index < -0.39 is 0 Å². The van der Waals surface area contributed by atoms with Gasteiger partial charge in [-0.3, -0.25) is 4.79 Å². The Morgan fingerprint density at radius 2 is 1.96 bits per heavy atom. The Bertz CT molecular complexity index is 856.